The zero-order valence-corrected chi connectivity index (χ0v) is 11.8. The lowest BCUT2D eigenvalue weighted by atomic mass is 10.2. The fraction of sp³-hybridized carbons (Fsp3) is 0.125. The third-order valence-electron chi connectivity index (χ3n) is 3.05. The molecule has 3 nitrogen and oxygen atoms in total. The fourth-order valence-electron chi connectivity index (χ4n) is 2.02. The highest BCUT2D eigenvalue weighted by Gasteiger charge is 2.06. The number of aryl methyl sites for hydroxylation is 1. The molecule has 0 saturated heterocycles. The smallest absolute Gasteiger partial charge is 0.215 e. The van der Waals surface area contributed by atoms with Crippen LogP contribution in [0, 0.1) is 6.92 Å². The Kier molecular flexibility index (Phi) is 3.52. The highest BCUT2D eigenvalue weighted by atomic mass is 35.5. The monoisotopic (exact) mass is 284 g/mol. The molecule has 3 rings (SSSR count). The van der Waals surface area contributed by atoms with Crippen molar-refractivity contribution in [3.63, 3.8) is 0 Å². The maximum absolute atomic E-state index is 5.90. The topological polar surface area (TPSA) is 35.0 Å². The lowest BCUT2D eigenvalue weighted by Crippen LogP contribution is -1.98. The lowest BCUT2D eigenvalue weighted by molar-refractivity contribution is 0.294. The number of halogens is 1. The van der Waals surface area contributed by atoms with Crippen molar-refractivity contribution >= 4 is 22.6 Å². The van der Waals surface area contributed by atoms with Gasteiger partial charge in [0.1, 0.15) is 11.8 Å². The molecule has 0 aliphatic carbocycles. The van der Waals surface area contributed by atoms with Gasteiger partial charge in [0.2, 0.25) is 5.88 Å². The van der Waals surface area contributed by atoms with Gasteiger partial charge in [-0.1, -0.05) is 41.9 Å². The second-order valence-electron chi connectivity index (χ2n) is 4.56. The van der Waals surface area contributed by atoms with E-state index >= 15 is 0 Å². The van der Waals surface area contributed by atoms with E-state index in [1.807, 2.05) is 49.4 Å². The molecule has 0 spiro atoms. The third-order valence-corrected chi connectivity index (χ3v) is 3.26. The Morgan fingerprint density at radius 1 is 1.05 bits per heavy atom. The molecule has 0 unspecified atom stereocenters. The van der Waals surface area contributed by atoms with Crippen LogP contribution in [0.5, 0.6) is 5.88 Å². The Morgan fingerprint density at radius 3 is 2.65 bits per heavy atom. The Bertz CT molecular complexity index is 744. The first-order valence-corrected chi connectivity index (χ1v) is 6.71. The molecule has 3 aromatic rings. The molecule has 20 heavy (non-hydrogen) atoms. The number of benzene rings is 1. The van der Waals surface area contributed by atoms with E-state index in [1.165, 1.54) is 0 Å². The third kappa shape index (κ3) is 2.73. The van der Waals surface area contributed by atoms with Crippen LogP contribution in [0.1, 0.15) is 11.1 Å². The van der Waals surface area contributed by atoms with Gasteiger partial charge in [0.05, 0.1) is 0 Å². The number of hydrogen-bond donors (Lipinski definition) is 0. The zero-order chi connectivity index (χ0) is 13.9. The van der Waals surface area contributed by atoms with Gasteiger partial charge in [-0.05, 0) is 30.2 Å². The van der Waals surface area contributed by atoms with Crippen molar-refractivity contribution in [1.82, 2.24) is 9.97 Å². The minimum atomic E-state index is 0.435. The molecule has 100 valence electrons. The number of nitrogens with zero attached hydrogens (tertiary/aromatic N) is 2. The predicted octanol–water partition coefficient (Wildman–Crippen LogP) is 4.17. The first-order valence-electron chi connectivity index (χ1n) is 6.33. The van der Waals surface area contributed by atoms with Gasteiger partial charge in [0.25, 0.3) is 0 Å². The van der Waals surface area contributed by atoms with Gasteiger partial charge in [-0.2, -0.15) is 4.98 Å². The molecule has 4 heteroatoms. The van der Waals surface area contributed by atoms with E-state index in [0.717, 1.165) is 16.5 Å². The molecule has 0 aliphatic rings. The molecule has 0 fully saturated rings. The Morgan fingerprint density at radius 2 is 1.85 bits per heavy atom. The normalized spacial score (nSPS) is 10.7. The van der Waals surface area contributed by atoms with Gasteiger partial charge >= 0.3 is 0 Å². The molecule has 0 aliphatic heterocycles. The molecule has 0 N–H and O–H groups in total. The molecular weight excluding hydrogens is 272 g/mol. The first-order chi connectivity index (χ1) is 9.72. The quantitative estimate of drug-likeness (QED) is 0.677. The fourth-order valence-corrected chi connectivity index (χ4v) is 2.17. The number of pyridine rings is 2. The number of aromatic nitrogens is 2. The second-order valence-corrected chi connectivity index (χ2v) is 4.94. The Hall–Kier alpha value is -2.13. The van der Waals surface area contributed by atoms with Crippen molar-refractivity contribution in [2.75, 3.05) is 0 Å². The van der Waals surface area contributed by atoms with Crippen LogP contribution in [0.25, 0.3) is 11.0 Å². The molecule has 0 saturated carbocycles. The van der Waals surface area contributed by atoms with E-state index in [9.17, 15) is 0 Å². The van der Waals surface area contributed by atoms with Crippen molar-refractivity contribution < 1.29 is 4.74 Å². The predicted molar refractivity (Wildman–Crippen MR) is 80.1 cm³/mol. The molecule has 0 amide bonds. The van der Waals surface area contributed by atoms with Crippen LogP contribution < -0.4 is 4.74 Å². The van der Waals surface area contributed by atoms with Crippen LogP contribution in [0.2, 0.25) is 5.15 Å². The summed E-state index contributed by atoms with van der Waals surface area (Å²) in [5.74, 6) is 0.564. The second kappa shape index (κ2) is 5.47. The van der Waals surface area contributed by atoms with Crippen molar-refractivity contribution in [2.45, 2.75) is 13.5 Å². The van der Waals surface area contributed by atoms with Crippen LogP contribution in [0.4, 0.5) is 0 Å². The van der Waals surface area contributed by atoms with E-state index in [1.54, 1.807) is 6.07 Å². The average Bonchev–Trinajstić information content (AvgIpc) is 2.46. The van der Waals surface area contributed by atoms with Crippen LogP contribution in [-0.4, -0.2) is 9.97 Å². The van der Waals surface area contributed by atoms with Gasteiger partial charge in [0, 0.05) is 11.5 Å². The van der Waals surface area contributed by atoms with Crippen molar-refractivity contribution in [3.8, 4) is 5.88 Å². The summed E-state index contributed by atoms with van der Waals surface area (Å²) in [5.41, 5.74) is 2.79. The number of hydrogen-bond acceptors (Lipinski definition) is 3. The summed E-state index contributed by atoms with van der Waals surface area (Å²) >= 11 is 5.90. The minimum Gasteiger partial charge on any atom is -0.473 e. The molecule has 1 aromatic carbocycles. The highest BCUT2D eigenvalue weighted by molar-refractivity contribution is 6.29. The van der Waals surface area contributed by atoms with Gasteiger partial charge in [-0.15, -0.1) is 0 Å². The van der Waals surface area contributed by atoms with Crippen molar-refractivity contribution in [1.29, 1.82) is 0 Å². The summed E-state index contributed by atoms with van der Waals surface area (Å²) in [7, 11) is 0. The van der Waals surface area contributed by atoms with Crippen molar-refractivity contribution in [3.05, 3.63) is 64.8 Å². The SMILES string of the molecule is Cc1cc(OCc2ccccc2)nc2nc(Cl)ccc12. The summed E-state index contributed by atoms with van der Waals surface area (Å²) in [5, 5.41) is 1.42. The maximum atomic E-state index is 5.90. The molecule has 0 atom stereocenters. The molecule has 0 bridgehead atoms. The average molecular weight is 285 g/mol. The summed E-state index contributed by atoms with van der Waals surface area (Å²) < 4.78 is 5.73. The molecule has 2 aromatic heterocycles. The van der Waals surface area contributed by atoms with Crippen LogP contribution in [0.3, 0.4) is 0 Å². The van der Waals surface area contributed by atoms with Crippen molar-refractivity contribution in [2.24, 2.45) is 0 Å². The largest absolute Gasteiger partial charge is 0.473 e. The molecule has 2 heterocycles. The number of fused-ring (bicyclic) bond motifs is 1. The van der Waals surface area contributed by atoms with E-state index in [0.29, 0.717) is 23.3 Å². The lowest BCUT2D eigenvalue weighted by Gasteiger charge is -2.08. The Balaban J connectivity index is 1.88. The standard InChI is InChI=1S/C16H13ClN2O/c1-11-9-15(20-10-12-5-3-2-4-6-12)19-16-13(11)7-8-14(17)18-16/h2-9H,10H2,1H3. The van der Waals surface area contributed by atoms with Gasteiger partial charge in [-0.25, -0.2) is 4.98 Å². The summed E-state index contributed by atoms with van der Waals surface area (Å²) in [4.78, 5) is 8.62. The minimum absolute atomic E-state index is 0.435. The van der Waals surface area contributed by atoms with Crippen LogP contribution in [0.15, 0.2) is 48.5 Å². The maximum Gasteiger partial charge on any atom is 0.215 e. The molecular formula is C16H13ClN2O. The summed E-state index contributed by atoms with van der Waals surface area (Å²) in [6, 6.07) is 15.6. The summed E-state index contributed by atoms with van der Waals surface area (Å²) in [6.07, 6.45) is 0. The van der Waals surface area contributed by atoms with Crippen LogP contribution in [-0.2, 0) is 6.61 Å². The van der Waals surface area contributed by atoms with E-state index < -0.39 is 0 Å². The van der Waals surface area contributed by atoms with Crippen LogP contribution >= 0.6 is 11.6 Å². The number of rotatable bonds is 3. The van der Waals surface area contributed by atoms with Gasteiger partial charge in [-0.3, -0.25) is 0 Å². The van der Waals surface area contributed by atoms with E-state index in [-0.39, 0.29) is 0 Å². The van der Waals surface area contributed by atoms with E-state index in [2.05, 4.69) is 9.97 Å². The zero-order valence-electron chi connectivity index (χ0n) is 11.0. The van der Waals surface area contributed by atoms with Gasteiger partial charge in [0.15, 0.2) is 5.65 Å². The van der Waals surface area contributed by atoms with E-state index in [4.69, 9.17) is 16.3 Å². The molecule has 0 radical (unpaired) electrons. The highest BCUT2D eigenvalue weighted by Crippen LogP contribution is 2.22. The number of ether oxygens (including phenoxy) is 1. The first kappa shape index (κ1) is 12.9. The Labute approximate surface area is 122 Å². The van der Waals surface area contributed by atoms with Gasteiger partial charge < -0.3 is 4.74 Å². The summed E-state index contributed by atoms with van der Waals surface area (Å²) in [6.45, 7) is 2.49.